The van der Waals surface area contributed by atoms with Gasteiger partial charge in [-0.15, -0.1) is 0 Å². The van der Waals surface area contributed by atoms with Crippen LogP contribution in [0.3, 0.4) is 0 Å². The molecule has 5 heteroatoms. The summed E-state index contributed by atoms with van der Waals surface area (Å²) in [6, 6.07) is 5.31. The van der Waals surface area contributed by atoms with Crippen molar-refractivity contribution in [3.8, 4) is 5.75 Å². The molecule has 2 heterocycles. The molecule has 1 fully saturated rings. The monoisotopic (exact) mass is 302 g/mol. The van der Waals surface area contributed by atoms with E-state index in [1.165, 1.54) is 0 Å². The highest BCUT2D eigenvalue weighted by atomic mass is 16.5. The molecule has 2 aliphatic rings. The summed E-state index contributed by atoms with van der Waals surface area (Å²) in [6.45, 7) is 3.65. The molecule has 22 heavy (non-hydrogen) atoms. The van der Waals surface area contributed by atoms with Gasteiger partial charge in [-0.1, -0.05) is 13.3 Å². The van der Waals surface area contributed by atoms with Crippen molar-refractivity contribution in [2.75, 3.05) is 24.6 Å². The number of carbonyl (C=O) groups is 2. The summed E-state index contributed by atoms with van der Waals surface area (Å²) in [5, 5.41) is 3.28. The predicted molar refractivity (Wildman–Crippen MR) is 84.6 cm³/mol. The molecule has 2 aliphatic heterocycles. The van der Waals surface area contributed by atoms with Gasteiger partial charge in [-0.05, 0) is 44.0 Å². The molecule has 1 N–H and O–H groups in total. The number of benzene rings is 1. The molecule has 1 unspecified atom stereocenters. The summed E-state index contributed by atoms with van der Waals surface area (Å²) in [5.74, 6) is 0.743. The van der Waals surface area contributed by atoms with Crippen molar-refractivity contribution >= 4 is 17.4 Å². The zero-order chi connectivity index (χ0) is 15.5. The minimum atomic E-state index is -0.105. The number of hydrogen-bond acceptors (Lipinski definition) is 4. The molecule has 0 aromatic heterocycles. The molecular formula is C17H22N2O3. The van der Waals surface area contributed by atoms with E-state index in [1.807, 2.05) is 6.92 Å². The summed E-state index contributed by atoms with van der Waals surface area (Å²) in [6.07, 6.45) is 3.95. The van der Waals surface area contributed by atoms with Crippen molar-refractivity contribution in [2.24, 2.45) is 0 Å². The van der Waals surface area contributed by atoms with E-state index in [1.54, 1.807) is 23.1 Å². The second kappa shape index (κ2) is 6.48. The number of Topliss-reactive ketones (excluding diaryl/α,β-unsaturated/α-hetero) is 1. The van der Waals surface area contributed by atoms with Crippen LogP contribution < -0.4 is 15.0 Å². The Kier molecular flexibility index (Phi) is 4.43. The third-order valence-corrected chi connectivity index (χ3v) is 4.26. The molecule has 118 valence electrons. The molecule has 0 saturated carbocycles. The summed E-state index contributed by atoms with van der Waals surface area (Å²) >= 11 is 0. The lowest BCUT2D eigenvalue weighted by Gasteiger charge is -2.30. The average molecular weight is 302 g/mol. The van der Waals surface area contributed by atoms with Gasteiger partial charge in [0.1, 0.15) is 5.75 Å². The number of nitrogens with one attached hydrogen (secondary N) is 1. The first-order chi connectivity index (χ1) is 10.7. The number of ketones is 1. The van der Waals surface area contributed by atoms with Gasteiger partial charge in [-0.25, -0.2) is 0 Å². The van der Waals surface area contributed by atoms with E-state index in [2.05, 4.69) is 5.32 Å². The quantitative estimate of drug-likeness (QED) is 0.866. The van der Waals surface area contributed by atoms with E-state index in [0.717, 1.165) is 37.9 Å². The number of anilines is 1. The third kappa shape index (κ3) is 2.86. The SMILES string of the molecule is CCCN1C(=O)COc2ccc(C(=O)C3CCCCN3)cc21. The number of nitrogens with zero attached hydrogens (tertiary/aromatic N) is 1. The highest BCUT2D eigenvalue weighted by Crippen LogP contribution is 2.33. The van der Waals surface area contributed by atoms with Gasteiger partial charge >= 0.3 is 0 Å². The van der Waals surface area contributed by atoms with Gasteiger partial charge in [0.2, 0.25) is 0 Å². The maximum atomic E-state index is 12.6. The van der Waals surface area contributed by atoms with Gasteiger partial charge in [-0.2, -0.15) is 0 Å². The van der Waals surface area contributed by atoms with Crippen LogP contribution in [0.15, 0.2) is 18.2 Å². The summed E-state index contributed by atoms with van der Waals surface area (Å²) in [4.78, 5) is 26.4. The molecule has 1 atom stereocenters. The third-order valence-electron chi connectivity index (χ3n) is 4.26. The zero-order valence-electron chi connectivity index (χ0n) is 12.9. The molecule has 1 aromatic rings. The summed E-state index contributed by atoms with van der Waals surface area (Å²) < 4.78 is 5.47. The molecule has 3 rings (SSSR count). The van der Waals surface area contributed by atoms with Crippen LogP contribution in [0.4, 0.5) is 5.69 Å². The van der Waals surface area contributed by atoms with Crippen molar-refractivity contribution in [2.45, 2.75) is 38.6 Å². The summed E-state index contributed by atoms with van der Waals surface area (Å²) in [5.41, 5.74) is 1.37. The number of amides is 1. The van der Waals surface area contributed by atoms with Crippen molar-refractivity contribution in [1.82, 2.24) is 5.32 Å². The Bertz CT molecular complexity index is 579. The molecule has 5 nitrogen and oxygen atoms in total. The highest BCUT2D eigenvalue weighted by Gasteiger charge is 2.28. The standard InChI is InChI=1S/C17H22N2O3/c1-2-9-19-14-10-12(6-7-15(14)22-11-16(19)20)17(21)13-5-3-4-8-18-13/h6-7,10,13,18H,2-5,8-9,11H2,1H3. The van der Waals surface area contributed by atoms with Crippen LogP contribution in [0.25, 0.3) is 0 Å². The van der Waals surface area contributed by atoms with Crippen LogP contribution in [0.1, 0.15) is 43.0 Å². The van der Waals surface area contributed by atoms with E-state index in [0.29, 0.717) is 17.9 Å². The van der Waals surface area contributed by atoms with Crippen LogP contribution in [0, 0.1) is 0 Å². The second-order valence-electron chi connectivity index (χ2n) is 5.88. The van der Waals surface area contributed by atoms with E-state index in [9.17, 15) is 9.59 Å². The van der Waals surface area contributed by atoms with Crippen LogP contribution in [-0.2, 0) is 4.79 Å². The first-order valence-electron chi connectivity index (χ1n) is 8.05. The number of ether oxygens (including phenoxy) is 1. The Balaban J connectivity index is 1.88. The molecule has 0 spiro atoms. The largest absolute Gasteiger partial charge is 0.482 e. The van der Waals surface area contributed by atoms with Crippen LogP contribution in [-0.4, -0.2) is 37.4 Å². The van der Waals surface area contributed by atoms with Gasteiger partial charge in [0.15, 0.2) is 12.4 Å². The van der Waals surface area contributed by atoms with Gasteiger partial charge in [-0.3, -0.25) is 9.59 Å². The van der Waals surface area contributed by atoms with Crippen molar-refractivity contribution in [3.63, 3.8) is 0 Å². The first kappa shape index (κ1) is 15.0. The minimum Gasteiger partial charge on any atom is -0.482 e. The minimum absolute atomic E-state index is 0.0465. The number of piperidine rings is 1. The maximum absolute atomic E-state index is 12.6. The number of rotatable bonds is 4. The molecular weight excluding hydrogens is 280 g/mol. The fraction of sp³-hybridized carbons (Fsp3) is 0.529. The lowest BCUT2D eigenvalue weighted by Crippen LogP contribution is -2.41. The van der Waals surface area contributed by atoms with Gasteiger partial charge in [0, 0.05) is 12.1 Å². The predicted octanol–water partition coefficient (Wildman–Crippen LogP) is 2.15. The van der Waals surface area contributed by atoms with Gasteiger partial charge in [0.25, 0.3) is 5.91 Å². The van der Waals surface area contributed by atoms with Gasteiger partial charge in [0.05, 0.1) is 11.7 Å². The highest BCUT2D eigenvalue weighted by molar-refractivity contribution is 6.04. The fourth-order valence-corrected chi connectivity index (χ4v) is 3.10. The lowest BCUT2D eigenvalue weighted by molar-refractivity contribution is -0.121. The molecule has 1 aromatic carbocycles. The van der Waals surface area contributed by atoms with Crippen LogP contribution in [0.2, 0.25) is 0 Å². The Hall–Kier alpha value is -1.88. The van der Waals surface area contributed by atoms with E-state index >= 15 is 0 Å². The molecule has 0 bridgehead atoms. The Labute approximate surface area is 130 Å². The molecule has 1 amide bonds. The fourth-order valence-electron chi connectivity index (χ4n) is 3.10. The van der Waals surface area contributed by atoms with Crippen molar-refractivity contribution in [3.05, 3.63) is 23.8 Å². The molecule has 1 saturated heterocycles. The van der Waals surface area contributed by atoms with Crippen molar-refractivity contribution in [1.29, 1.82) is 0 Å². The van der Waals surface area contributed by atoms with Crippen LogP contribution >= 0.6 is 0 Å². The molecule has 0 radical (unpaired) electrons. The second-order valence-corrected chi connectivity index (χ2v) is 5.88. The Morgan fingerprint density at radius 3 is 3.00 bits per heavy atom. The molecule has 0 aliphatic carbocycles. The average Bonchev–Trinajstić information content (AvgIpc) is 2.57. The van der Waals surface area contributed by atoms with Crippen molar-refractivity contribution < 1.29 is 14.3 Å². The van der Waals surface area contributed by atoms with Crippen LogP contribution in [0.5, 0.6) is 5.75 Å². The van der Waals surface area contributed by atoms with Gasteiger partial charge < -0.3 is 15.0 Å². The van der Waals surface area contributed by atoms with E-state index in [-0.39, 0.29) is 24.3 Å². The zero-order valence-corrected chi connectivity index (χ0v) is 12.9. The van der Waals surface area contributed by atoms with E-state index in [4.69, 9.17) is 4.74 Å². The lowest BCUT2D eigenvalue weighted by atomic mass is 9.96. The Morgan fingerprint density at radius 2 is 2.27 bits per heavy atom. The first-order valence-corrected chi connectivity index (χ1v) is 8.05. The smallest absolute Gasteiger partial charge is 0.265 e. The summed E-state index contributed by atoms with van der Waals surface area (Å²) in [7, 11) is 0. The maximum Gasteiger partial charge on any atom is 0.265 e. The normalized spacial score (nSPS) is 21.2. The Morgan fingerprint density at radius 1 is 1.41 bits per heavy atom. The topological polar surface area (TPSA) is 58.6 Å². The number of hydrogen-bond donors (Lipinski definition) is 1. The number of fused-ring (bicyclic) bond motifs is 1. The van der Waals surface area contributed by atoms with E-state index < -0.39 is 0 Å². The number of carbonyl (C=O) groups excluding carboxylic acids is 2.